The van der Waals surface area contributed by atoms with Crippen LogP contribution in [0, 0.1) is 6.92 Å². The summed E-state index contributed by atoms with van der Waals surface area (Å²) in [6.45, 7) is 5.26. The zero-order chi connectivity index (χ0) is 17.1. The fourth-order valence-corrected chi connectivity index (χ4v) is 3.30. The second-order valence-electron chi connectivity index (χ2n) is 6.72. The minimum atomic E-state index is 0.359. The van der Waals surface area contributed by atoms with Gasteiger partial charge in [-0.3, -0.25) is 9.88 Å². The Kier molecular flexibility index (Phi) is 4.57. The molecule has 0 atom stereocenters. The number of piperidine rings is 1. The standard InChI is InChI=1S/C20H22N4O/c1-15-2-4-16(5-3-15)14-24-12-8-18(9-13-24)20-23-22-19(25-20)17-6-10-21-11-7-17/h2-7,10-11,18H,8-9,12-14H2,1H3. The van der Waals surface area contributed by atoms with Crippen molar-refractivity contribution in [2.24, 2.45) is 0 Å². The van der Waals surface area contributed by atoms with E-state index in [0.717, 1.165) is 43.9 Å². The van der Waals surface area contributed by atoms with E-state index < -0.39 is 0 Å². The summed E-state index contributed by atoms with van der Waals surface area (Å²) in [5.74, 6) is 1.71. The number of rotatable bonds is 4. The molecular weight excluding hydrogens is 312 g/mol. The van der Waals surface area contributed by atoms with Gasteiger partial charge in [0.2, 0.25) is 11.8 Å². The highest BCUT2D eigenvalue weighted by Crippen LogP contribution is 2.29. The van der Waals surface area contributed by atoms with Gasteiger partial charge in [-0.2, -0.15) is 0 Å². The fraction of sp³-hybridized carbons (Fsp3) is 0.350. The molecule has 3 aromatic rings. The minimum absolute atomic E-state index is 0.359. The Balaban J connectivity index is 1.36. The first-order valence-electron chi connectivity index (χ1n) is 8.79. The van der Waals surface area contributed by atoms with Crippen molar-refractivity contribution in [1.29, 1.82) is 0 Å². The molecule has 0 spiro atoms. The van der Waals surface area contributed by atoms with Crippen LogP contribution in [-0.2, 0) is 6.54 Å². The van der Waals surface area contributed by atoms with Crippen LogP contribution in [0.3, 0.4) is 0 Å². The number of nitrogens with zero attached hydrogens (tertiary/aromatic N) is 4. The average molecular weight is 334 g/mol. The smallest absolute Gasteiger partial charge is 0.247 e. The maximum Gasteiger partial charge on any atom is 0.247 e. The summed E-state index contributed by atoms with van der Waals surface area (Å²) >= 11 is 0. The number of pyridine rings is 1. The van der Waals surface area contributed by atoms with Gasteiger partial charge in [-0.25, -0.2) is 0 Å². The number of aromatic nitrogens is 3. The number of benzene rings is 1. The van der Waals surface area contributed by atoms with Crippen LogP contribution in [0.2, 0.25) is 0 Å². The number of likely N-dealkylation sites (tertiary alicyclic amines) is 1. The van der Waals surface area contributed by atoms with Gasteiger partial charge in [0, 0.05) is 30.4 Å². The van der Waals surface area contributed by atoms with E-state index in [1.54, 1.807) is 12.4 Å². The first-order valence-corrected chi connectivity index (χ1v) is 8.79. The molecular formula is C20H22N4O. The molecule has 25 heavy (non-hydrogen) atoms. The van der Waals surface area contributed by atoms with Crippen LogP contribution in [0.5, 0.6) is 0 Å². The summed E-state index contributed by atoms with van der Waals surface area (Å²) in [7, 11) is 0. The highest BCUT2D eigenvalue weighted by Gasteiger charge is 2.25. The Morgan fingerprint density at radius 1 is 1.00 bits per heavy atom. The molecule has 5 nitrogen and oxygen atoms in total. The molecule has 1 saturated heterocycles. The van der Waals surface area contributed by atoms with Gasteiger partial charge in [-0.05, 0) is 50.6 Å². The van der Waals surface area contributed by atoms with E-state index in [1.165, 1.54) is 11.1 Å². The molecule has 0 amide bonds. The molecule has 1 aromatic carbocycles. The van der Waals surface area contributed by atoms with Gasteiger partial charge in [0.1, 0.15) is 0 Å². The Labute approximate surface area is 147 Å². The van der Waals surface area contributed by atoms with Gasteiger partial charge in [0.15, 0.2) is 0 Å². The summed E-state index contributed by atoms with van der Waals surface area (Å²) < 4.78 is 5.91. The van der Waals surface area contributed by atoms with Crippen LogP contribution in [-0.4, -0.2) is 33.2 Å². The summed E-state index contributed by atoms with van der Waals surface area (Å²) in [5, 5.41) is 8.48. The Morgan fingerprint density at radius 3 is 2.44 bits per heavy atom. The molecule has 0 N–H and O–H groups in total. The van der Waals surface area contributed by atoms with Gasteiger partial charge < -0.3 is 4.42 Å². The molecule has 0 radical (unpaired) electrons. The van der Waals surface area contributed by atoms with Crippen LogP contribution in [0.15, 0.2) is 53.2 Å². The highest BCUT2D eigenvalue weighted by molar-refractivity contribution is 5.50. The molecule has 1 fully saturated rings. The molecule has 3 heterocycles. The second-order valence-corrected chi connectivity index (χ2v) is 6.72. The molecule has 0 aliphatic carbocycles. The first kappa shape index (κ1) is 16.0. The van der Waals surface area contributed by atoms with Crippen LogP contribution in [0.4, 0.5) is 0 Å². The van der Waals surface area contributed by atoms with Crippen LogP contribution in [0.25, 0.3) is 11.5 Å². The lowest BCUT2D eigenvalue weighted by Crippen LogP contribution is -2.32. The highest BCUT2D eigenvalue weighted by atomic mass is 16.4. The Hall–Kier alpha value is -2.53. The molecule has 1 aliphatic rings. The predicted molar refractivity (Wildman–Crippen MR) is 96.0 cm³/mol. The summed E-state index contributed by atoms with van der Waals surface area (Å²) in [6, 6.07) is 12.6. The average Bonchev–Trinajstić information content (AvgIpc) is 3.15. The van der Waals surface area contributed by atoms with Crippen molar-refractivity contribution in [2.75, 3.05) is 13.1 Å². The third kappa shape index (κ3) is 3.77. The topological polar surface area (TPSA) is 55.1 Å². The van der Waals surface area contributed by atoms with Crippen molar-refractivity contribution in [2.45, 2.75) is 32.2 Å². The quantitative estimate of drug-likeness (QED) is 0.726. The third-order valence-corrected chi connectivity index (χ3v) is 4.83. The predicted octanol–water partition coefficient (Wildman–Crippen LogP) is 3.82. The number of hydrogen-bond donors (Lipinski definition) is 0. The maximum atomic E-state index is 5.91. The number of hydrogen-bond acceptors (Lipinski definition) is 5. The Morgan fingerprint density at radius 2 is 1.72 bits per heavy atom. The SMILES string of the molecule is Cc1ccc(CN2CCC(c3nnc(-c4ccncc4)o3)CC2)cc1. The largest absolute Gasteiger partial charge is 0.420 e. The maximum absolute atomic E-state index is 5.91. The molecule has 1 aliphatic heterocycles. The van der Waals surface area contributed by atoms with Crippen molar-refractivity contribution in [1.82, 2.24) is 20.1 Å². The summed E-state index contributed by atoms with van der Waals surface area (Å²) in [4.78, 5) is 6.52. The normalized spacial score (nSPS) is 16.2. The van der Waals surface area contributed by atoms with E-state index in [0.29, 0.717) is 11.8 Å². The lowest BCUT2D eigenvalue weighted by Gasteiger charge is -2.30. The van der Waals surface area contributed by atoms with E-state index in [4.69, 9.17) is 4.42 Å². The van der Waals surface area contributed by atoms with E-state index in [9.17, 15) is 0 Å². The molecule has 0 bridgehead atoms. The van der Waals surface area contributed by atoms with E-state index in [-0.39, 0.29) is 0 Å². The fourth-order valence-electron chi connectivity index (χ4n) is 3.30. The van der Waals surface area contributed by atoms with Gasteiger partial charge >= 0.3 is 0 Å². The molecule has 0 unspecified atom stereocenters. The third-order valence-electron chi connectivity index (χ3n) is 4.83. The van der Waals surface area contributed by atoms with E-state index >= 15 is 0 Å². The van der Waals surface area contributed by atoms with Crippen LogP contribution < -0.4 is 0 Å². The zero-order valence-corrected chi connectivity index (χ0v) is 14.4. The minimum Gasteiger partial charge on any atom is -0.420 e. The molecule has 4 rings (SSSR count). The Bertz CT molecular complexity index is 805. The van der Waals surface area contributed by atoms with Crippen LogP contribution >= 0.6 is 0 Å². The molecule has 2 aromatic heterocycles. The van der Waals surface area contributed by atoms with Crippen molar-refractivity contribution in [3.05, 3.63) is 65.8 Å². The van der Waals surface area contributed by atoms with Gasteiger partial charge in [0.25, 0.3) is 0 Å². The van der Waals surface area contributed by atoms with Crippen molar-refractivity contribution in [3.8, 4) is 11.5 Å². The van der Waals surface area contributed by atoms with Crippen molar-refractivity contribution in [3.63, 3.8) is 0 Å². The zero-order valence-electron chi connectivity index (χ0n) is 14.4. The summed E-state index contributed by atoms with van der Waals surface area (Å²) in [5.41, 5.74) is 3.61. The van der Waals surface area contributed by atoms with E-state index in [1.807, 2.05) is 12.1 Å². The lowest BCUT2D eigenvalue weighted by atomic mass is 9.96. The number of aryl methyl sites for hydroxylation is 1. The van der Waals surface area contributed by atoms with Crippen molar-refractivity contribution < 1.29 is 4.42 Å². The van der Waals surface area contributed by atoms with E-state index in [2.05, 4.69) is 51.3 Å². The molecule has 128 valence electrons. The van der Waals surface area contributed by atoms with Gasteiger partial charge in [0.05, 0.1) is 0 Å². The van der Waals surface area contributed by atoms with Gasteiger partial charge in [-0.15, -0.1) is 10.2 Å². The molecule has 5 heteroatoms. The first-order chi connectivity index (χ1) is 12.3. The monoisotopic (exact) mass is 334 g/mol. The lowest BCUT2D eigenvalue weighted by molar-refractivity contribution is 0.193. The van der Waals surface area contributed by atoms with Gasteiger partial charge in [-0.1, -0.05) is 29.8 Å². The second kappa shape index (κ2) is 7.15. The van der Waals surface area contributed by atoms with Crippen molar-refractivity contribution >= 4 is 0 Å². The van der Waals surface area contributed by atoms with Crippen LogP contribution in [0.1, 0.15) is 35.8 Å². The molecule has 0 saturated carbocycles. The summed E-state index contributed by atoms with van der Waals surface area (Å²) in [6.07, 6.45) is 5.60.